The Morgan fingerprint density at radius 1 is 1.20 bits per heavy atom. The predicted octanol–water partition coefficient (Wildman–Crippen LogP) is 5.20. The van der Waals surface area contributed by atoms with E-state index in [9.17, 15) is 13.2 Å². The van der Waals surface area contributed by atoms with Gasteiger partial charge in [0.1, 0.15) is 11.4 Å². The molecular weight excluding hydrogens is 334 g/mol. The topological polar surface area (TPSA) is 0 Å². The van der Waals surface area contributed by atoms with Crippen LogP contribution < -0.4 is 0 Å². The van der Waals surface area contributed by atoms with E-state index in [1.165, 1.54) is 0 Å². The molecular formula is C6H2Cl5F3Si. The summed E-state index contributed by atoms with van der Waals surface area (Å²) in [6.45, 7) is 0. The number of hydrogen-bond donors (Lipinski definition) is 0. The molecule has 0 aromatic rings. The van der Waals surface area contributed by atoms with Crippen molar-refractivity contribution in [1.82, 2.24) is 0 Å². The summed E-state index contributed by atoms with van der Waals surface area (Å²) in [6.07, 6.45) is 0.422. The fourth-order valence-corrected chi connectivity index (χ4v) is 5.75. The summed E-state index contributed by atoms with van der Waals surface area (Å²) >= 11 is 26.9. The van der Waals surface area contributed by atoms with E-state index in [0.717, 1.165) is 0 Å². The minimum Gasteiger partial charge on any atom is -0.206 e. The molecule has 0 radical (unpaired) electrons. The second kappa shape index (κ2) is 4.31. The third kappa shape index (κ3) is 2.61. The molecule has 9 heteroatoms. The minimum absolute atomic E-state index is 0.422. The van der Waals surface area contributed by atoms with Gasteiger partial charge in [0, 0.05) is 0 Å². The fourth-order valence-electron chi connectivity index (χ4n) is 1.06. The molecule has 0 fully saturated rings. The van der Waals surface area contributed by atoms with Crippen LogP contribution in [0, 0.1) is 0 Å². The minimum atomic E-state index is -3.93. The smallest absolute Gasteiger partial charge is 0.206 e. The third-order valence-corrected chi connectivity index (χ3v) is 5.96. The number of hydrogen-bond acceptors (Lipinski definition) is 0. The van der Waals surface area contributed by atoms with Gasteiger partial charge in [0.15, 0.2) is 0 Å². The van der Waals surface area contributed by atoms with Crippen molar-refractivity contribution >= 4 is 62.4 Å². The van der Waals surface area contributed by atoms with Gasteiger partial charge in [-0.1, -0.05) is 23.2 Å². The molecule has 0 heterocycles. The van der Waals surface area contributed by atoms with Gasteiger partial charge >= 0.3 is 6.00 Å². The zero-order chi connectivity index (χ0) is 12.0. The van der Waals surface area contributed by atoms with E-state index in [1.54, 1.807) is 0 Å². The Balaban J connectivity index is 3.32. The highest BCUT2D eigenvalue weighted by Gasteiger charge is 2.59. The Morgan fingerprint density at radius 2 is 1.67 bits per heavy atom. The molecule has 0 N–H and O–H groups in total. The Bertz CT molecular complexity index is 345. The maximum Gasteiger partial charge on any atom is 0.355 e. The van der Waals surface area contributed by atoms with E-state index in [-0.39, 0.29) is 0 Å². The fraction of sp³-hybridized carbons (Fsp3) is 0.333. The standard InChI is InChI=1S/C6H2Cl5F3Si/c7-3-1-2(12)4(8)5(6(3,13)14)15(9,10)11/h1,5H. The largest absolute Gasteiger partial charge is 0.355 e. The second-order valence-electron chi connectivity index (χ2n) is 2.79. The first-order chi connectivity index (χ1) is 6.58. The van der Waals surface area contributed by atoms with Gasteiger partial charge < -0.3 is 0 Å². The number of halogens is 8. The SMILES string of the molecule is FC1=C(Cl)C([Si](Cl)(Cl)Cl)C(F)(F)C(Cl)=C1. The van der Waals surface area contributed by atoms with Gasteiger partial charge in [-0.05, 0) is 6.08 Å². The molecule has 1 aliphatic rings. The molecule has 86 valence electrons. The lowest BCUT2D eigenvalue weighted by atomic mass is 10.1. The summed E-state index contributed by atoms with van der Waals surface area (Å²) in [5.74, 6) is -4.75. The van der Waals surface area contributed by atoms with Crippen LogP contribution in [0.25, 0.3) is 0 Å². The first kappa shape index (κ1) is 14.0. The van der Waals surface area contributed by atoms with E-state index in [2.05, 4.69) is 0 Å². The predicted molar refractivity (Wildman–Crippen MR) is 59.9 cm³/mol. The molecule has 1 unspecified atom stereocenters. The van der Waals surface area contributed by atoms with Crippen molar-refractivity contribution < 1.29 is 13.2 Å². The summed E-state index contributed by atoms with van der Waals surface area (Å²) in [7, 11) is 0. The molecule has 0 bridgehead atoms. The van der Waals surface area contributed by atoms with Crippen molar-refractivity contribution in [3.05, 3.63) is 22.0 Å². The summed E-state index contributed by atoms with van der Waals surface area (Å²) in [5, 5.41) is -1.82. The normalized spacial score (nSPS) is 26.7. The maximum atomic E-state index is 13.5. The summed E-state index contributed by atoms with van der Waals surface area (Å²) < 4.78 is 40.0. The van der Waals surface area contributed by atoms with E-state index < -0.39 is 33.4 Å². The average molecular weight is 336 g/mol. The molecule has 1 rings (SSSR count). The van der Waals surface area contributed by atoms with Crippen LogP contribution in [0.4, 0.5) is 13.2 Å². The lowest BCUT2D eigenvalue weighted by molar-refractivity contribution is 0.0494. The van der Waals surface area contributed by atoms with E-state index in [0.29, 0.717) is 6.08 Å². The quantitative estimate of drug-likeness (QED) is 0.456. The highest BCUT2D eigenvalue weighted by molar-refractivity contribution is 7.65. The molecule has 0 aliphatic heterocycles. The zero-order valence-electron chi connectivity index (χ0n) is 6.68. The first-order valence-corrected chi connectivity index (χ1v) is 9.32. The second-order valence-corrected chi connectivity index (χ2v) is 12.4. The summed E-state index contributed by atoms with van der Waals surface area (Å²) in [6, 6.07) is -3.93. The zero-order valence-corrected chi connectivity index (χ0v) is 11.5. The number of rotatable bonds is 1. The van der Waals surface area contributed by atoms with E-state index in [1.807, 2.05) is 0 Å². The van der Waals surface area contributed by atoms with Gasteiger partial charge in [0.25, 0.3) is 5.92 Å². The van der Waals surface area contributed by atoms with E-state index in [4.69, 9.17) is 56.4 Å². The molecule has 0 aromatic carbocycles. The van der Waals surface area contributed by atoms with Crippen LogP contribution in [-0.4, -0.2) is 11.9 Å². The van der Waals surface area contributed by atoms with Crippen molar-refractivity contribution in [2.24, 2.45) is 0 Å². The average Bonchev–Trinajstić information content (AvgIpc) is 1.98. The molecule has 15 heavy (non-hydrogen) atoms. The van der Waals surface area contributed by atoms with E-state index >= 15 is 0 Å². The van der Waals surface area contributed by atoms with Crippen LogP contribution in [0.2, 0.25) is 5.54 Å². The van der Waals surface area contributed by atoms with Crippen LogP contribution in [0.15, 0.2) is 22.0 Å². The highest BCUT2D eigenvalue weighted by atomic mass is 35.8. The van der Waals surface area contributed by atoms with Crippen LogP contribution in [0.1, 0.15) is 0 Å². The monoisotopic (exact) mass is 334 g/mol. The summed E-state index contributed by atoms with van der Waals surface area (Å²) in [5.41, 5.74) is -1.99. The lowest BCUT2D eigenvalue weighted by Gasteiger charge is -2.32. The first-order valence-electron chi connectivity index (χ1n) is 3.46. The van der Waals surface area contributed by atoms with Crippen LogP contribution in [-0.2, 0) is 0 Å². The van der Waals surface area contributed by atoms with Gasteiger partial charge in [-0.25, -0.2) is 4.39 Å². The van der Waals surface area contributed by atoms with Gasteiger partial charge in [0.05, 0.1) is 10.1 Å². The van der Waals surface area contributed by atoms with Crippen molar-refractivity contribution in [2.75, 3.05) is 0 Å². The van der Waals surface area contributed by atoms with Gasteiger partial charge in [-0.3, -0.25) is 0 Å². The lowest BCUT2D eigenvalue weighted by Crippen LogP contribution is -2.38. The van der Waals surface area contributed by atoms with Crippen molar-refractivity contribution in [3.8, 4) is 0 Å². The van der Waals surface area contributed by atoms with Crippen molar-refractivity contribution in [3.63, 3.8) is 0 Å². The van der Waals surface area contributed by atoms with Crippen LogP contribution >= 0.6 is 56.4 Å². The third-order valence-electron chi connectivity index (χ3n) is 1.74. The molecule has 0 aromatic heterocycles. The molecule has 0 spiro atoms. The molecule has 0 saturated heterocycles. The Hall–Kier alpha value is 0.937. The van der Waals surface area contributed by atoms with Crippen LogP contribution in [0.3, 0.4) is 0 Å². The molecule has 0 saturated carbocycles. The Morgan fingerprint density at radius 3 is 2.07 bits per heavy atom. The highest BCUT2D eigenvalue weighted by Crippen LogP contribution is 2.57. The number of allylic oxidation sites excluding steroid dienone is 4. The van der Waals surface area contributed by atoms with Crippen molar-refractivity contribution in [1.29, 1.82) is 0 Å². The van der Waals surface area contributed by atoms with Gasteiger partial charge in [-0.2, -0.15) is 8.78 Å². The van der Waals surface area contributed by atoms with Crippen molar-refractivity contribution in [2.45, 2.75) is 11.5 Å². The Labute approximate surface area is 109 Å². The number of alkyl halides is 2. The Kier molecular flexibility index (Phi) is 4.03. The maximum absolute atomic E-state index is 13.5. The van der Waals surface area contributed by atoms with Gasteiger partial charge in [-0.15, -0.1) is 33.2 Å². The molecule has 0 nitrogen and oxygen atoms in total. The summed E-state index contributed by atoms with van der Waals surface area (Å²) in [4.78, 5) is 0. The molecule has 1 atom stereocenters. The van der Waals surface area contributed by atoms with Crippen LogP contribution in [0.5, 0.6) is 0 Å². The molecule has 0 amide bonds. The van der Waals surface area contributed by atoms with Gasteiger partial charge in [0.2, 0.25) is 0 Å². The molecule has 1 aliphatic carbocycles.